The number of aromatic nitrogens is 3. The first-order chi connectivity index (χ1) is 9.89. The molecule has 114 valence electrons. The molecule has 6 nitrogen and oxygen atoms in total. The summed E-state index contributed by atoms with van der Waals surface area (Å²) in [7, 11) is 0. The SMILES string of the molecule is CCC(Cn1cnc2cccnc21)NC(=O)OC(C)(C)C. The Morgan fingerprint density at radius 1 is 1.43 bits per heavy atom. The lowest BCUT2D eigenvalue weighted by Crippen LogP contribution is -2.40. The molecule has 1 N–H and O–H groups in total. The maximum atomic E-state index is 11.8. The van der Waals surface area contributed by atoms with Gasteiger partial charge in [-0.2, -0.15) is 0 Å². The van der Waals surface area contributed by atoms with Crippen LogP contribution < -0.4 is 5.32 Å². The van der Waals surface area contributed by atoms with E-state index in [9.17, 15) is 4.79 Å². The van der Waals surface area contributed by atoms with E-state index in [0.29, 0.717) is 6.54 Å². The number of rotatable bonds is 4. The Morgan fingerprint density at radius 3 is 2.86 bits per heavy atom. The molecular weight excluding hydrogens is 268 g/mol. The molecule has 6 heteroatoms. The number of nitrogens with one attached hydrogen (secondary N) is 1. The van der Waals surface area contributed by atoms with Gasteiger partial charge in [-0.3, -0.25) is 0 Å². The fraction of sp³-hybridized carbons (Fsp3) is 0.533. The number of amides is 1. The first-order valence-corrected chi connectivity index (χ1v) is 7.14. The zero-order chi connectivity index (χ0) is 15.5. The number of carbonyl (C=O) groups excluding carboxylic acids is 1. The summed E-state index contributed by atoms with van der Waals surface area (Å²) in [4.78, 5) is 20.5. The smallest absolute Gasteiger partial charge is 0.407 e. The molecule has 1 unspecified atom stereocenters. The third-order valence-electron chi connectivity index (χ3n) is 3.01. The summed E-state index contributed by atoms with van der Waals surface area (Å²) in [5.41, 5.74) is 1.18. The summed E-state index contributed by atoms with van der Waals surface area (Å²) >= 11 is 0. The highest BCUT2D eigenvalue weighted by Gasteiger charge is 2.19. The van der Waals surface area contributed by atoms with E-state index in [2.05, 4.69) is 15.3 Å². The van der Waals surface area contributed by atoms with Crippen molar-refractivity contribution in [3.63, 3.8) is 0 Å². The molecule has 0 spiro atoms. The van der Waals surface area contributed by atoms with E-state index >= 15 is 0 Å². The molecule has 1 atom stereocenters. The fourth-order valence-corrected chi connectivity index (χ4v) is 2.02. The van der Waals surface area contributed by atoms with Crippen LogP contribution in [0.3, 0.4) is 0 Å². The van der Waals surface area contributed by atoms with E-state index in [1.807, 2.05) is 44.4 Å². The number of alkyl carbamates (subject to hydrolysis) is 1. The highest BCUT2D eigenvalue weighted by atomic mass is 16.6. The van der Waals surface area contributed by atoms with Gasteiger partial charge in [-0.05, 0) is 39.3 Å². The van der Waals surface area contributed by atoms with Crippen molar-refractivity contribution in [3.8, 4) is 0 Å². The zero-order valence-corrected chi connectivity index (χ0v) is 13.0. The van der Waals surface area contributed by atoms with Crippen molar-refractivity contribution in [1.29, 1.82) is 0 Å². The van der Waals surface area contributed by atoms with Gasteiger partial charge in [-0.1, -0.05) is 6.92 Å². The van der Waals surface area contributed by atoms with Gasteiger partial charge < -0.3 is 14.6 Å². The van der Waals surface area contributed by atoms with Crippen molar-refractivity contribution in [2.45, 2.75) is 52.3 Å². The van der Waals surface area contributed by atoms with Gasteiger partial charge in [-0.25, -0.2) is 14.8 Å². The Hall–Kier alpha value is -2.11. The predicted octanol–water partition coefficient (Wildman–Crippen LogP) is 2.73. The summed E-state index contributed by atoms with van der Waals surface area (Å²) in [6, 6.07) is 3.75. The van der Waals surface area contributed by atoms with Crippen LogP contribution >= 0.6 is 0 Å². The van der Waals surface area contributed by atoms with Crippen molar-refractivity contribution in [1.82, 2.24) is 19.9 Å². The lowest BCUT2D eigenvalue weighted by molar-refractivity contribution is 0.0498. The van der Waals surface area contributed by atoms with Crippen molar-refractivity contribution < 1.29 is 9.53 Å². The first-order valence-electron chi connectivity index (χ1n) is 7.14. The molecule has 0 bridgehead atoms. The topological polar surface area (TPSA) is 69.0 Å². The summed E-state index contributed by atoms with van der Waals surface area (Å²) < 4.78 is 7.23. The lowest BCUT2D eigenvalue weighted by Gasteiger charge is -2.23. The molecular formula is C15H22N4O2. The quantitative estimate of drug-likeness (QED) is 0.940. The zero-order valence-electron chi connectivity index (χ0n) is 13.0. The lowest BCUT2D eigenvalue weighted by atomic mass is 10.2. The van der Waals surface area contributed by atoms with Gasteiger partial charge in [0.15, 0.2) is 5.65 Å². The van der Waals surface area contributed by atoms with Gasteiger partial charge in [0.1, 0.15) is 11.1 Å². The third kappa shape index (κ3) is 4.18. The molecule has 2 aromatic heterocycles. The molecule has 0 saturated heterocycles. The molecule has 2 rings (SSSR count). The summed E-state index contributed by atoms with van der Waals surface area (Å²) in [5.74, 6) is 0. The Bertz CT molecular complexity index is 615. The molecule has 0 aliphatic carbocycles. The number of nitrogens with zero attached hydrogens (tertiary/aromatic N) is 3. The van der Waals surface area contributed by atoms with Crippen LogP contribution in [0.5, 0.6) is 0 Å². The number of carbonyl (C=O) groups is 1. The molecule has 0 fully saturated rings. The number of fused-ring (bicyclic) bond motifs is 1. The molecule has 2 heterocycles. The molecule has 0 saturated carbocycles. The highest BCUT2D eigenvalue weighted by Crippen LogP contribution is 2.11. The van der Waals surface area contributed by atoms with E-state index in [0.717, 1.165) is 17.6 Å². The number of imidazole rings is 1. The van der Waals surface area contributed by atoms with Crippen LogP contribution in [0.2, 0.25) is 0 Å². The van der Waals surface area contributed by atoms with E-state index in [4.69, 9.17) is 4.74 Å². The van der Waals surface area contributed by atoms with Crippen molar-refractivity contribution in [2.75, 3.05) is 0 Å². The maximum Gasteiger partial charge on any atom is 0.407 e. The van der Waals surface area contributed by atoms with Crippen molar-refractivity contribution in [3.05, 3.63) is 24.7 Å². The van der Waals surface area contributed by atoms with Crippen LogP contribution in [0.15, 0.2) is 24.7 Å². The van der Waals surface area contributed by atoms with Gasteiger partial charge in [0, 0.05) is 18.8 Å². The minimum atomic E-state index is -0.494. The average Bonchev–Trinajstić information content (AvgIpc) is 2.79. The van der Waals surface area contributed by atoms with Crippen LogP contribution in [0.4, 0.5) is 4.79 Å². The molecule has 0 radical (unpaired) electrons. The molecule has 0 aliphatic heterocycles. The summed E-state index contributed by atoms with van der Waals surface area (Å²) in [6.07, 6.45) is 3.89. The van der Waals surface area contributed by atoms with Crippen LogP contribution in [0.1, 0.15) is 34.1 Å². The van der Waals surface area contributed by atoms with E-state index in [1.165, 1.54) is 0 Å². The molecule has 21 heavy (non-hydrogen) atoms. The Balaban J connectivity index is 2.04. The monoisotopic (exact) mass is 290 g/mol. The Kier molecular flexibility index (Phi) is 4.45. The van der Waals surface area contributed by atoms with Crippen LogP contribution in [0, 0.1) is 0 Å². The molecule has 2 aromatic rings. The van der Waals surface area contributed by atoms with E-state index in [-0.39, 0.29) is 6.04 Å². The van der Waals surface area contributed by atoms with E-state index in [1.54, 1.807) is 12.5 Å². The van der Waals surface area contributed by atoms with Crippen molar-refractivity contribution >= 4 is 17.3 Å². The third-order valence-corrected chi connectivity index (χ3v) is 3.01. The second-order valence-corrected chi connectivity index (χ2v) is 5.99. The number of hydrogen-bond acceptors (Lipinski definition) is 4. The second-order valence-electron chi connectivity index (χ2n) is 5.99. The van der Waals surface area contributed by atoms with Gasteiger partial charge >= 0.3 is 6.09 Å². The van der Waals surface area contributed by atoms with Crippen molar-refractivity contribution in [2.24, 2.45) is 0 Å². The first kappa shape index (κ1) is 15.3. The number of hydrogen-bond donors (Lipinski definition) is 1. The second kappa shape index (κ2) is 6.11. The largest absolute Gasteiger partial charge is 0.444 e. The van der Waals surface area contributed by atoms with Gasteiger partial charge in [0.25, 0.3) is 0 Å². The van der Waals surface area contributed by atoms with Gasteiger partial charge in [-0.15, -0.1) is 0 Å². The number of pyridine rings is 1. The number of ether oxygens (including phenoxy) is 1. The predicted molar refractivity (Wildman–Crippen MR) is 81.0 cm³/mol. The Labute approximate surface area is 124 Å². The summed E-state index contributed by atoms with van der Waals surface area (Å²) in [6.45, 7) is 8.18. The normalized spacial score (nSPS) is 13.1. The summed E-state index contributed by atoms with van der Waals surface area (Å²) in [5, 5.41) is 2.89. The fourth-order valence-electron chi connectivity index (χ4n) is 2.02. The van der Waals surface area contributed by atoms with E-state index < -0.39 is 11.7 Å². The molecule has 1 amide bonds. The Morgan fingerprint density at radius 2 is 2.19 bits per heavy atom. The molecule has 0 aromatic carbocycles. The van der Waals surface area contributed by atoms with Gasteiger partial charge in [0.05, 0.1) is 6.33 Å². The van der Waals surface area contributed by atoms with Crippen LogP contribution in [-0.2, 0) is 11.3 Å². The average molecular weight is 290 g/mol. The molecule has 0 aliphatic rings. The van der Waals surface area contributed by atoms with Gasteiger partial charge in [0.2, 0.25) is 0 Å². The minimum Gasteiger partial charge on any atom is -0.444 e. The minimum absolute atomic E-state index is 0.0285. The van der Waals surface area contributed by atoms with Crippen LogP contribution in [-0.4, -0.2) is 32.3 Å². The highest BCUT2D eigenvalue weighted by molar-refractivity contribution is 5.70. The van der Waals surface area contributed by atoms with Crippen LogP contribution in [0.25, 0.3) is 11.2 Å². The maximum absolute atomic E-state index is 11.8. The standard InChI is InChI=1S/C15H22N4O2/c1-5-11(18-14(20)21-15(2,3)4)9-19-10-17-12-7-6-8-16-13(12)19/h6-8,10-11H,5,9H2,1-4H3,(H,18,20).